The van der Waals surface area contributed by atoms with Gasteiger partial charge in [-0.1, -0.05) is 18.6 Å². The van der Waals surface area contributed by atoms with Crippen molar-refractivity contribution in [3.8, 4) is 0 Å². The molecule has 0 aromatic heterocycles. The van der Waals surface area contributed by atoms with Crippen LogP contribution in [0.5, 0.6) is 0 Å². The van der Waals surface area contributed by atoms with Crippen LogP contribution in [0.3, 0.4) is 0 Å². The maximum Gasteiger partial charge on any atom is 0.319 e. The molecule has 1 aliphatic rings. The summed E-state index contributed by atoms with van der Waals surface area (Å²) in [4.78, 5) is 12.3. The number of benzene rings is 2. The Labute approximate surface area is 177 Å². The van der Waals surface area contributed by atoms with Crippen molar-refractivity contribution in [1.82, 2.24) is 9.62 Å². The lowest BCUT2D eigenvalue weighted by Gasteiger charge is -2.34. The van der Waals surface area contributed by atoms with Crippen LogP contribution < -0.4 is 10.6 Å². The Kier molecular flexibility index (Phi) is 7.10. The smallest absolute Gasteiger partial charge is 0.319 e. The third kappa shape index (κ3) is 5.37. The lowest BCUT2D eigenvalue weighted by atomic mass is 10.0. The molecule has 1 heterocycles. The first-order valence-electron chi connectivity index (χ1n) is 10.2. The van der Waals surface area contributed by atoms with Crippen molar-refractivity contribution in [3.63, 3.8) is 0 Å². The van der Waals surface area contributed by atoms with Gasteiger partial charge in [-0.3, -0.25) is 0 Å². The molecule has 6 nitrogen and oxygen atoms in total. The molecule has 1 fully saturated rings. The molecule has 0 radical (unpaired) electrons. The third-order valence-electron chi connectivity index (χ3n) is 5.35. The van der Waals surface area contributed by atoms with E-state index in [0.717, 1.165) is 24.8 Å². The highest BCUT2D eigenvalue weighted by Gasteiger charge is 2.33. The monoisotopic (exact) mass is 433 g/mol. The highest BCUT2D eigenvalue weighted by atomic mass is 32.2. The molecule has 3 rings (SSSR count). The standard InChI is InChI=1S/C22H28FN3O3S/c1-16-6-5-7-18(14-16)25-22(27)24-12-11-19-8-3-4-13-26(19)30(28,29)20-9-10-21(23)17(2)15-20/h5-7,9-10,14-15,19H,3-4,8,11-13H2,1-2H3,(H2,24,25,27). The molecule has 2 aromatic rings. The molecule has 0 spiro atoms. The minimum atomic E-state index is -3.72. The molecular formula is C22H28FN3O3S. The Hall–Kier alpha value is -2.45. The maximum absolute atomic E-state index is 13.6. The number of rotatable bonds is 6. The van der Waals surface area contributed by atoms with Crippen molar-refractivity contribution in [2.75, 3.05) is 18.4 Å². The number of anilines is 1. The second-order valence-corrected chi connectivity index (χ2v) is 9.61. The van der Waals surface area contributed by atoms with Gasteiger partial charge >= 0.3 is 6.03 Å². The van der Waals surface area contributed by atoms with E-state index in [4.69, 9.17) is 0 Å². The number of hydrogen-bond acceptors (Lipinski definition) is 3. The molecule has 2 amide bonds. The molecule has 1 aliphatic heterocycles. The van der Waals surface area contributed by atoms with Gasteiger partial charge in [0.15, 0.2) is 0 Å². The molecule has 162 valence electrons. The molecule has 1 unspecified atom stereocenters. The van der Waals surface area contributed by atoms with Gasteiger partial charge in [0.1, 0.15) is 5.82 Å². The SMILES string of the molecule is Cc1cccc(NC(=O)NCCC2CCCCN2S(=O)(=O)c2ccc(F)c(C)c2)c1. The van der Waals surface area contributed by atoms with Gasteiger partial charge in [0.25, 0.3) is 0 Å². The number of piperidine rings is 1. The normalized spacial score (nSPS) is 17.5. The Morgan fingerprint density at radius 3 is 2.70 bits per heavy atom. The zero-order chi connectivity index (χ0) is 21.7. The van der Waals surface area contributed by atoms with Crippen LogP contribution >= 0.6 is 0 Å². The highest BCUT2D eigenvalue weighted by Crippen LogP contribution is 2.27. The summed E-state index contributed by atoms with van der Waals surface area (Å²) in [6, 6.07) is 10.9. The number of carbonyl (C=O) groups is 1. The van der Waals surface area contributed by atoms with Crippen LogP contribution in [0.4, 0.5) is 14.9 Å². The van der Waals surface area contributed by atoms with E-state index in [-0.39, 0.29) is 17.0 Å². The number of sulfonamides is 1. The van der Waals surface area contributed by atoms with Crippen molar-refractivity contribution in [3.05, 3.63) is 59.4 Å². The van der Waals surface area contributed by atoms with Crippen LogP contribution in [-0.4, -0.2) is 37.9 Å². The predicted octanol–water partition coefficient (Wildman–Crippen LogP) is 4.20. The molecule has 2 N–H and O–H groups in total. The first kappa shape index (κ1) is 22.2. The van der Waals surface area contributed by atoms with Crippen LogP contribution in [0.25, 0.3) is 0 Å². The lowest BCUT2D eigenvalue weighted by molar-refractivity contribution is 0.234. The van der Waals surface area contributed by atoms with Crippen molar-refractivity contribution in [2.24, 2.45) is 0 Å². The molecule has 0 saturated carbocycles. The van der Waals surface area contributed by atoms with Gasteiger partial charge in [0, 0.05) is 24.8 Å². The first-order chi connectivity index (χ1) is 14.3. The van der Waals surface area contributed by atoms with E-state index in [9.17, 15) is 17.6 Å². The van der Waals surface area contributed by atoms with Gasteiger partial charge < -0.3 is 10.6 Å². The van der Waals surface area contributed by atoms with Crippen molar-refractivity contribution < 1.29 is 17.6 Å². The Bertz CT molecular complexity index is 1010. The summed E-state index contributed by atoms with van der Waals surface area (Å²) in [5, 5.41) is 5.59. The van der Waals surface area contributed by atoms with Gasteiger partial charge in [-0.05, 0) is 74.6 Å². The molecule has 8 heteroatoms. The molecular weight excluding hydrogens is 405 g/mol. The summed E-state index contributed by atoms with van der Waals surface area (Å²) >= 11 is 0. The van der Waals surface area contributed by atoms with Crippen LogP contribution in [0.1, 0.15) is 36.8 Å². The summed E-state index contributed by atoms with van der Waals surface area (Å²) in [5.74, 6) is -0.423. The van der Waals surface area contributed by atoms with E-state index in [1.54, 1.807) is 6.92 Å². The van der Waals surface area contributed by atoms with Gasteiger partial charge in [0.05, 0.1) is 4.90 Å². The van der Waals surface area contributed by atoms with Crippen LogP contribution in [-0.2, 0) is 10.0 Å². The quantitative estimate of drug-likeness (QED) is 0.717. The number of halogens is 1. The zero-order valence-corrected chi connectivity index (χ0v) is 18.1. The van der Waals surface area contributed by atoms with Gasteiger partial charge in [-0.25, -0.2) is 17.6 Å². The van der Waals surface area contributed by atoms with E-state index in [1.165, 1.54) is 22.5 Å². The third-order valence-corrected chi connectivity index (χ3v) is 7.30. The summed E-state index contributed by atoms with van der Waals surface area (Å²) in [5.41, 5.74) is 2.06. The number of nitrogens with one attached hydrogen (secondary N) is 2. The second-order valence-electron chi connectivity index (χ2n) is 7.72. The number of carbonyl (C=O) groups excluding carboxylic acids is 1. The summed E-state index contributed by atoms with van der Waals surface area (Å²) in [7, 11) is -3.72. The highest BCUT2D eigenvalue weighted by molar-refractivity contribution is 7.89. The average molecular weight is 434 g/mol. The van der Waals surface area contributed by atoms with E-state index >= 15 is 0 Å². The number of nitrogens with zero attached hydrogens (tertiary/aromatic N) is 1. The zero-order valence-electron chi connectivity index (χ0n) is 17.3. The first-order valence-corrected chi connectivity index (χ1v) is 11.6. The van der Waals surface area contributed by atoms with Crippen molar-refractivity contribution in [1.29, 1.82) is 0 Å². The predicted molar refractivity (Wildman–Crippen MR) is 115 cm³/mol. The average Bonchev–Trinajstić information content (AvgIpc) is 2.70. The largest absolute Gasteiger partial charge is 0.338 e. The molecule has 0 bridgehead atoms. The van der Waals surface area contributed by atoms with E-state index < -0.39 is 15.8 Å². The minimum Gasteiger partial charge on any atom is -0.338 e. The van der Waals surface area contributed by atoms with E-state index in [1.807, 2.05) is 31.2 Å². The fraction of sp³-hybridized carbons (Fsp3) is 0.409. The maximum atomic E-state index is 13.6. The molecule has 1 atom stereocenters. The Morgan fingerprint density at radius 1 is 1.17 bits per heavy atom. The Morgan fingerprint density at radius 2 is 1.97 bits per heavy atom. The van der Waals surface area contributed by atoms with Crippen LogP contribution in [0.2, 0.25) is 0 Å². The molecule has 30 heavy (non-hydrogen) atoms. The summed E-state index contributed by atoms with van der Waals surface area (Å²) in [6.45, 7) is 4.29. The second kappa shape index (κ2) is 9.57. The molecule has 1 saturated heterocycles. The van der Waals surface area contributed by atoms with Crippen LogP contribution in [0, 0.1) is 19.7 Å². The fourth-order valence-corrected chi connectivity index (χ4v) is 5.55. The molecule has 0 aliphatic carbocycles. The summed E-state index contributed by atoms with van der Waals surface area (Å²) in [6.07, 6.45) is 2.98. The van der Waals surface area contributed by atoms with E-state index in [0.29, 0.717) is 30.8 Å². The number of hydrogen-bond donors (Lipinski definition) is 2. The number of aryl methyl sites for hydroxylation is 2. The van der Waals surface area contributed by atoms with Crippen LogP contribution in [0.15, 0.2) is 47.4 Å². The summed E-state index contributed by atoms with van der Waals surface area (Å²) < 4.78 is 41.3. The van der Waals surface area contributed by atoms with Crippen molar-refractivity contribution in [2.45, 2.75) is 50.5 Å². The minimum absolute atomic E-state index is 0.110. The Balaban J connectivity index is 1.61. The fourth-order valence-electron chi connectivity index (χ4n) is 3.74. The number of amides is 2. The molecule has 2 aromatic carbocycles. The van der Waals surface area contributed by atoms with Crippen molar-refractivity contribution >= 4 is 21.7 Å². The number of urea groups is 1. The topological polar surface area (TPSA) is 78.5 Å². The lowest BCUT2D eigenvalue weighted by Crippen LogP contribution is -2.45. The van der Waals surface area contributed by atoms with Gasteiger partial charge in [-0.2, -0.15) is 4.31 Å². The van der Waals surface area contributed by atoms with E-state index in [2.05, 4.69) is 10.6 Å². The van der Waals surface area contributed by atoms with Gasteiger partial charge in [0.2, 0.25) is 10.0 Å². The van der Waals surface area contributed by atoms with Gasteiger partial charge in [-0.15, -0.1) is 0 Å².